The number of carbonyl (C=O) groups excluding carboxylic acids is 1. The van der Waals surface area contributed by atoms with Gasteiger partial charge in [-0.15, -0.1) is 6.58 Å². The van der Waals surface area contributed by atoms with Crippen LogP contribution < -0.4 is 4.74 Å². The molecular weight excluding hydrogens is 740 g/mol. The summed E-state index contributed by atoms with van der Waals surface area (Å²) in [5.41, 5.74) is 3.28. The highest BCUT2D eigenvalue weighted by molar-refractivity contribution is 6.03. The molecule has 0 aromatic heterocycles. The number of amides is 1. The second kappa shape index (κ2) is 20.0. The molecule has 3 aliphatic carbocycles. The Morgan fingerprint density at radius 2 is 1.74 bits per heavy atom. The van der Waals surface area contributed by atoms with Gasteiger partial charge in [0.25, 0.3) is 0 Å². The number of aliphatic hydroxyl groups excluding tert-OH is 2. The summed E-state index contributed by atoms with van der Waals surface area (Å²) in [6.45, 7) is 5.18. The third-order valence-corrected chi connectivity index (χ3v) is 13.3. The van der Waals surface area contributed by atoms with Crippen molar-refractivity contribution in [3.05, 3.63) is 83.7 Å². The van der Waals surface area contributed by atoms with Crippen molar-refractivity contribution in [2.45, 2.75) is 133 Å². The maximum absolute atomic E-state index is 15.0. The molecule has 0 radical (unpaired) electrons. The first-order valence-electron chi connectivity index (χ1n) is 21.9. The molecule has 1 unspecified atom stereocenters. The number of fused-ring (bicyclic) bond motifs is 2. The van der Waals surface area contributed by atoms with E-state index in [0.717, 1.165) is 80.9 Å². The highest BCUT2D eigenvalue weighted by Crippen LogP contribution is 2.62. The van der Waals surface area contributed by atoms with Crippen molar-refractivity contribution >= 4 is 11.6 Å². The molecule has 7 rings (SSSR count). The third-order valence-electron chi connectivity index (χ3n) is 13.3. The van der Waals surface area contributed by atoms with Gasteiger partial charge in [-0.2, -0.15) is 0 Å². The third kappa shape index (κ3) is 9.48. The van der Waals surface area contributed by atoms with Gasteiger partial charge in [-0.05, 0) is 104 Å². The van der Waals surface area contributed by atoms with Gasteiger partial charge in [-0.3, -0.25) is 4.79 Å². The van der Waals surface area contributed by atoms with Gasteiger partial charge in [-0.1, -0.05) is 68.0 Å². The minimum Gasteiger partial charge on any atom is -0.508 e. The number of oxime groups is 1. The summed E-state index contributed by atoms with van der Waals surface area (Å²) in [4.78, 5) is 23.1. The monoisotopic (exact) mass is 802 g/mol. The van der Waals surface area contributed by atoms with E-state index in [-0.39, 0.29) is 68.0 Å². The minimum atomic E-state index is -1.41. The molecular formula is C47H63FN2O8. The molecule has 11 heteroatoms. The normalized spacial score (nSPS) is 28.6. The van der Waals surface area contributed by atoms with Crippen molar-refractivity contribution in [3.8, 4) is 11.5 Å². The fourth-order valence-corrected chi connectivity index (χ4v) is 10.5. The zero-order valence-electron chi connectivity index (χ0n) is 33.9. The summed E-state index contributed by atoms with van der Waals surface area (Å²) < 4.78 is 34.6. The number of carbonyl (C=O) groups is 1. The predicted molar refractivity (Wildman–Crippen MR) is 219 cm³/mol. The molecule has 0 bridgehead atoms. The number of allylic oxidation sites excluding steroid dienone is 1. The molecule has 316 valence electrons. The lowest BCUT2D eigenvalue weighted by Gasteiger charge is -2.60. The van der Waals surface area contributed by atoms with Crippen molar-refractivity contribution < 1.29 is 43.6 Å². The van der Waals surface area contributed by atoms with E-state index in [1.807, 2.05) is 4.90 Å². The highest BCUT2D eigenvalue weighted by Gasteiger charge is 2.65. The van der Waals surface area contributed by atoms with Crippen LogP contribution in [0, 0.1) is 29.5 Å². The Kier molecular flexibility index (Phi) is 14.6. The van der Waals surface area contributed by atoms with E-state index in [1.165, 1.54) is 25.0 Å². The number of hydrogen-bond acceptors (Lipinski definition) is 9. The highest BCUT2D eigenvalue weighted by atomic mass is 19.1. The second-order valence-corrected chi connectivity index (χ2v) is 17.0. The summed E-state index contributed by atoms with van der Waals surface area (Å²) in [5.74, 6) is -1.18. The smallest absolute Gasteiger partial charge is 0.239 e. The lowest BCUT2D eigenvalue weighted by molar-refractivity contribution is -0.258. The van der Waals surface area contributed by atoms with Crippen LogP contribution >= 0.6 is 0 Å². The van der Waals surface area contributed by atoms with E-state index in [0.29, 0.717) is 43.2 Å². The largest absolute Gasteiger partial charge is 0.508 e. The van der Waals surface area contributed by atoms with E-state index >= 15 is 0 Å². The van der Waals surface area contributed by atoms with Gasteiger partial charge in [-0.25, -0.2) is 4.39 Å². The van der Waals surface area contributed by atoms with Crippen molar-refractivity contribution in [2.75, 3.05) is 26.4 Å². The number of unbranched alkanes of at least 4 members (excludes halogenated alkanes) is 2. The number of halogens is 1. The van der Waals surface area contributed by atoms with Crippen LogP contribution in [0.1, 0.15) is 120 Å². The van der Waals surface area contributed by atoms with Gasteiger partial charge in [0.2, 0.25) is 18.0 Å². The average molecular weight is 803 g/mol. The van der Waals surface area contributed by atoms with Crippen LogP contribution in [0.2, 0.25) is 0 Å². The fraction of sp³-hybridized carbons (Fsp3) is 0.617. The number of nitrogens with zero attached hydrogens (tertiary/aromatic N) is 2. The van der Waals surface area contributed by atoms with Crippen molar-refractivity contribution in [1.82, 2.24) is 4.90 Å². The zero-order chi connectivity index (χ0) is 40.5. The van der Waals surface area contributed by atoms with Crippen LogP contribution in [-0.2, 0) is 25.7 Å². The van der Waals surface area contributed by atoms with Crippen LogP contribution in [0.15, 0.2) is 71.9 Å². The number of hydrogen-bond donors (Lipinski definition) is 3. The molecule has 2 heterocycles. The molecule has 2 saturated carbocycles. The standard InChI is InChI=1S/C47H63FN2O8/c1-2-26-56-47-42(50(31-33-16-19-35(48)20-17-33)43(54)23-18-32-11-3-4-12-32)30-40(49-58-44-15-7-10-27-55-44)38-28-34(13-5-8-24-51)37(14-6-9-25-52)45(46(38)47)39-29-36(53)21-22-41(39)57-47/h2,16-17,19-22,28-29,32,34,37,42,44-46,51-53H,1,3-15,18,23-27,30-31H2/t34-,37+,42-,44?,45+,46+,47+/m0/s1. The molecule has 1 amide bonds. The Morgan fingerprint density at radius 3 is 2.47 bits per heavy atom. The van der Waals surface area contributed by atoms with Crippen LogP contribution in [0.3, 0.4) is 0 Å². The van der Waals surface area contributed by atoms with E-state index in [4.69, 9.17) is 24.2 Å². The van der Waals surface area contributed by atoms with Crippen molar-refractivity contribution in [2.24, 2.45) is 28.8 Å². The zero-order valence-corrected chi connectivity index (χ0v) is 33.9. The number of phenolic OH excluding ortho intramolecular Hbond substituents is 1. The van der Waals surface area contributed by atoms with Gasteiger partial charge in [0.05, 0.1) is 24.8 Å². The molecule has 3 fully saturated rings. The summed E-state index contributed by atoms with van der Waals surface area (Å²) in [6, 6.07) is 10.9. The van der Waals surface area contributed by atoms with E-state index in [1.54, 1.807) is 36.4 Å². The first-order valence-corrected chi connectivity index (χ1v) is 21.9. The lowest BCUT2D eigenvalue weighted by Crippen LogP contribution is -2.70. The quantitative estimate of drug-likeness (QED) is 0.0731. The van der Waals surface area contributed by atoms with Gasteiger partial charge < -0.3 is 39.3 Å². The van der Waals surface area contributed by atoms with Crippen LogP contribution in [-0.4, -0.2) is 76.4 Å². The molecule has 58 heavy (non-hydrogen) atoms. The minimum absolute atomic E-state index is 0.0278. The number of rotatable bonds is 19. The first-order chi connectivity index (χ1) is 28.3. The first kappa shape index (κ1) is 42.4. The summed E-state index contributed by atoms with van der Waals surface area (Å²) >= 11 is 0. The summed E-state index contributed by atoms with van der Waals surface area (Å²) in [5, 5.41) is 35.7. The van der Waals surface area contributed by atoms with Gasteiger partial charge >= 0.3 is 0 Å². The topological polar surface area (TPSA) is 130 Å². The molecule has 5 aliphatic rings. The average Bonchev–Trinajstić information content (AvgIpc) is 3.77. The van der Waals surface area contributed by atoms with E-state index < -0.39 is 24.0 Å². The molecule has 1 saturated heterocycles. The second-order valence-electron chi connectivity index (χ2n) is 17.0. The van der Waals surface area contributed by atoms with Crippen molar-refractivity contribution in [3.63, 3.8) is 0 Å². The van der Waals surface area contributed by atoms with Gasteiger partial charge in [0, 0.05) is 50.5 Å². The summed E-state index contributed by atoms with van der Waals surface area (Å²) in [6.07, 6.45) is 16.8. The van der Waals surface area contributed by atoms with Gasteiger partial charge in [0.15, 0.2) is 0 Å². The molecule has 2 aromatic rings. The number of aromatic hydroxyl groups is 1. The van der Waals surface area contributed by atoms with Crippen LogP contribution in [0.4, 0.5) is 4.39 Å². The fourth-order valence-electron chi connectivity index (χ4n) is 10.5. The Hall–Kier alpha value is -3.77. The number of ether oxygens (including phenoxy) is 3. The Labute approximate surface area is 343 Å². The maximum atomic E-state index is 15.0. The van der Waals surface area contributed by atoms with Gasteiger partial charge in [0.1, 0.15) is 23.4 Å². The Balaban J connectivity index is 1.41. The Bertz CT molecular complexity index is 1740. The molecule has 0 spiro atoms. The number of aliphatic hydroxyl groups is 2. The lowest BCUT2D eigenvalue weighted by atomic mass is 9.55. The Morgan fingerprint density at radius 1 is 0.983 bits per heavy atom. The van der Waals surface area contributed by atoms with Crippen molar-refractivity contribution in [1.29, 1.82) is 0 Å². The SMILES string of the molecule is C=CCO[C@@]12Oc3ccc(O)cc3[C@H]3[C@H](CCCCO)[C@@H](CCCCO)C=C(C(=NOC4CCCCO4)C[C@@H]1N(Cc1ccc(F)cc1)C(=O)CCC1CCCC1)[C@H]32. The molecule has 2 aliphatic heterocycles. The molecule has 10 nitrogen and oxygen atoms in total. The predicted octanol–water partition coefficient (Wildman–Crippen LogP) is 8.69. The van der Waals surface area contributed by atoms with Crippen LogP contribution in [0.25, 0.3) is 0 Å². The van der Waals surface area contributed by atoms with Crippen LogP contribution in [0.5, 0.6) is 11.5 Å². The molecule has 3 N–H and O–H groups in total. The molecule has 2 aromatic carbocycles. The van der Waals surface area contributed by atoms with E-state index in [2.05, 4.69) is 12.7 Å². The number of phenols is 1. The summed E-state index contributed by atoms with van der Waals surface area (Å²) in [7, 11) is 0. The van der Waals surface area contributed by atoms with E-state index in [9.17, 15) is 24.5 Å². The molecule has 7 atom stereocenters. The maximum Gasteiger partial charge on any atom is 0.239 e. The number of benzene rings is 2.